The van der Waals surface area contributed by atoms with Crippen LogP contribution in [0.5, 0.6) is 0 Å². The monoisotopic (exact) mass is 289 g/mol. The Kier molecular flexibility index (Phi) is 4.08. The minimum atomic E-state index is 0. The highest BCUT2D eigenvalue weighted by atomic mass is 35.5. The normalized spacial score (nSPS) is 10.2. The summed E-state index contributed by atoms with van der Waals surface area (Å²) in [6.45, 7) is 2.11. The molecule has 1 nitrogen and oxygen atoms in total. The molecule has 0 saturated heterocycles. The van der Waals surface area contributed by atoms with Gasteiger partial charge in [0.25, 0.3) is 0 Å². The van der Waals surface area contributed by atoms with Crippen molar-refractivity contribution in [3.63, 3.8) is 0 Å². The Morgan fingerprint density at radius 2 is 1.74 bits per heavy atom. The molecule has 0 aliphatic heterocycles. The number of pyridine rings is 1. The summed E-state index contributed by atoms with van der Waals surface area (Å²) < 4.78 is 0. The molecule has 1 heterocycles. The van der Waals surface area contributed by atoms with E-state index in [-0.39, 0.29) is 12.4 Å². The third-order valence-corrected chi connectivity index (χ3v) is 3.28. The van der Waals surface area contributed by atoms with Crippen LogP contribution in [0, 0.1) is 6.92 Å². The molecule has 1 aromatic heterocycles. The molecular formula is C16H13Cl2N. The SMILES string of the molecule is Cc1cc(-c2cccc(Cl)c2)nc2ccccc12.Cl. The molecule has 3 aromatic rings. The van der Waals surface area contributed by atoms with Crippen LogP contribution >= 0.6 is 24.0 Å². The highest BCUT2D eigenvalue weighted by Crippen LogP contribution is 2.25. The van der Waals surface area contributed by atoms with E-state index in [2.05, 4.69) is 24.0 Å². The van der Waals surface area contributed by atoms with Crippen LogP contribution < -0.4 is 0 Å². The predicted molar refractivity (Wildman–Crippen MR) is 84.2 cm³/mol. The number of aryl methyl sites for hydroxylation is 1. The van der Waals surface area contributed by atoms with E-state index in [9.17, 15) is 0 Å². The first-order valence-electron chi connectivity index (χ1n) is 5.86. The summed E-state index contributed by atoms with van der Waals surface area (Å²) in [5, 5.41) is 1.93. The Morgan fingerprint density at radius 1 is 0.947 bits per heavy atom. The van der Waals surface area contributed by atoms with Gasteiger partial charge in [-0.3, -0.25) is 0 Å². The average Bonchev–Trinajstić information content (AvgIpc) is 2.39. The summed E-state index contributed by atoms with van der Waals surface area (Å²) >= 11 is 6.02. The van der Waals surface area contributed by atoms with E-state index in [0.717, 1.165) is 21.8 Å². The van der Waals surface area contributed by atoms with Crippen molar-refractivity contribution in [1.29, 1.82) is 0 Å². The van der Waals surface area contributed by atoms with Crippen molar-refractivity contribution in [1.82, 2.24) is 4.98 Å². The zero-order valence-electron chi connectivity index (χ0n) is 10.4. The van der Waals surface area contributed by atoms with Crippen molar-refractivity contribution in [2.45, 2.75) is 6.92 Å². The van der Waals surface area contributed by atoms with Crippen LogP contribution in [0.15, 0.2) is 54.6 Å². The molecule has 0 radical (unpaired) electrons. The molecule has 0 amide bonds. The number of hydrogen-bond donors (Lipinski definition) is 0. The smallest absolute Gasteiger partial charge is 0.0712 e. The molecule has 0 fully saturated rings. The molecule has 3 rings (SSSR count). The number of para-hydroxylation sites is 1. The fourth-order valence-corrected chi connectivity index (χ4v) is 2.34. The molecule has 0 aliphatic rings. The van der Waals surface area contributed by atoms with Gasteiger partial charge in [0, 0.05) is 16.0 Å². The first-order chi connectivity index (χ1) is 8.74. The van der Waals surface area contributed by atoms with Crippen LogP contribution in [0.2, 0.25) is 5.02 Å². The molecular weight excluding hydrogens is 277 g/mol. The number of fused-ring (bicyclic) bond motifs is 1. The molecule has 19 heavy (non-hydrogen) atoms. The van der Waals surface area contributed by atoms with Crippen LogP contribution in [0.3, 0.4) is 0 Å². The summed E-state index contributed by atoms with van der Waals surface area (Å²) in [5.74, 6) is 0. The number of benzene rings is 2. The molecule has 2 aromatic carbocycles. The van der Waals surface area contributed by atoms with Crippen molar-refractivity contribution in [2.75, 3.05) is 0 Å². The largest absolute Gasteiger partial charge is 0.248 e. The van der Waals surface area contributed by atoms with E-state index in [1.165, 1.54) is 10.9 Å². The van der Waals surface area contributed by atoms with Gasteiger partial charge in [0.15, 0.2) is 0 Å². The third kappa shape index (κ3) is 2.73. The van der Waals surface area contributed by atoms with Crippen LogP contribution in [-0.2, 0) is 0 Å². The van der Waals surface area contributed by atoms with Crippen LogP contribution in [0.1, 0.15) is 5.56 Å². The Hall–Kier alpha value is -1.57. The predicted octanol–water partition coefficient (Wildman–Crippen LogP) is 5.29. The minimum Gasteiger partial charge on any atom is -0.248 e. The Labute approximate surface area is 123 Å². The molecule has 0 atom stereocenters. The van der Waals surface area contributed by atoms with E-state index in [4.69, 9.17) is 11.6 Å². The zero-order chi connectivity index (χ0) is 12.5. The van der Waals surface area contributed by atoms with Gasteiger partial charge in [-0.15, -0.1) is 12.4 Å². The third-order valence-electron chi connectivity index (χ3n) is 3.04. The second-order valence-electron chi connectivity index (χ2n) is 4.35. The second kappa shape index (κ2) is 5.60. The number of hydrogen-bond acceptors (Lipinski definition) is 1. The van der Waals surface area contributed by atoms with Crippen LogP contribution in [0.4, 0.5) is 0 Å². The van der Waals surface area contributed by atoms with Gasteiger partial charge in [0.05, 0.1) is 11.2 Å². The van der Waals surface area contributed by atoms with E-state index >= 15 is 0 Å². The second-order valence-corrected chi connectivity index (χ2v) is 4.79. The lowest BCUT2D eigenvalue weighted by Crippen LogP contribution is -1.88. The van der Waals surface area contributed by atoms with Crippen molar-refractivity contribution >= 4 is 34.9 Å². The lowest BCUT2D eigenvalue weighted by Gasteiger charge is -2.06. The molecule has 0 spiro atoms. The first kappa shape index (κ1) is 13.9. The summed E-state index contributed by atoms with van der Waals surface area (Å²) in [5.41, 5.74) is 4.27. The maximum Gasteiger partial charge on any atom is 0.0712 e. The fraction of sp³-hybridized carbons (Fsp3) is 0.0625. The zero-order valence-corrected chi connectivity index (χ0v) is 12.0. The van der Waals surface area contributed by atoms with Crippen molar-refractivity contribution < 1.29 is 0 Å². The summed E-state index contributed by atoms with van der Waals surface area (Å²) in [6, 6.07) is 18.1. The Morgan fingerprint density at radius 3 is 2.53 bits per heavy atom. The molecule has 0 aliphatic carbocycles. The molecule has 0 bridgehead atoms. The first-order valence-corrected chi connectivity index (χ1v) is 6.24. The van der Waals surface area contributed by atoms with E-state index in [1.54, 1.807) is 0 Å². The fourth-order valence-electron chi connectivity index (χ4n) is 2.15. The molecule has 3 heteroatoms. The maximum absolute atomic E-state index is 6.02. The molecule has 0 saturated carbocycles. The maximum atomic E-state index is 6.02. The van der Waals surface area contributed by atoms with Crippen molar-refractivity contribution in [2.24, 2.45) is 0 Å². The standard InChI is InChI=1S/C16H12ClN.ClH/c1-11-9-16(12-5-4-6-13(17)10-12)18-15-8-3-2-7-14(11)15;/h2-10H,1H3;1H. The number of rotatable bonds is 1. The van der Waals surface area contributed by atoms with Gasteiger partial charge in [-0.05, 0) is 36.8 Å². The van der Waals surface area contributed by atoms with Gasteiger partial charge in [-0.25, -0.2) is 4.98 Å². The van der Waals surface area contributed by atoms with Crippen molar-refractivity contribution in [3.8, 4) is 11.3 Å². The van der Waals surface area contributed by atoms with Gasteiger partial charge in [0.1, 0.15) is 0 Å². The summed E-state index contributed by atoms with van der Waals surface area (Å²) in [4.78, 5) is 4.69. The summed E-state index contributed by atoms with van der Waals surface area (Å²) in [7, 11) is 0. The van der Waals surface area contributed by atoms with Gasteiger partial charge in [-0.2, -0.15) is 0 Å². The topological polar surface area (TPSA) is 12.9 Å². The number of aromatic nitrogens is 1. The van der Waals surface area contributed by atoms with E-state index < -0.39 is 0 Å². The van der Waals surface area contributed by atoms with Crippen molar-refractivity contribution in [3.05, 3.63) is 65.2 Å². The molecule has 96 valence electrons. The lowest BCUT2D eigenvalue weighted by atomic mass is 10.1. The van der Waals surface area contributed by atoms with E-state index in [1.807, 2.05) is 42.5 Å². The minimum absolute atomic E-state index is 0. The Balaban J connectivity index is 0.00000133. The summed E-state index contributed by atoms with van der Waals surface area (Å²) in [6.07, 6.45) is 0. The van der Waals surface area contributed by atoms with E-state index in [0.29, 0.717) is 0 Å². The number of halogens is 2. The lowest BCUT2D eigenvalue weighted by molar-refractivity contribution is 1.36. The van der Waals surface area contributed by atoms with Gasteiger partial charge in [0.2, 0.25) is 0 Å². The van der Waals surface area contributed by atoms with Crippen LogP contribution in [0.25, 0.3) is 22.2 Å². The highest BCUT2D eigenvalue weighted by molar-refractivity contribution is 6.30. The number of nitrogens with zero attached hydrogens (tertiary/aromatic N) is 1. The molecule has 0 N–H and O–H groups in total. The van der Waals surface area contributed by atoms with Gasteiger partial charge >= 0.3 is 0 Å². The van der Waals surface area contributed by atoms with Crippen LogP contribution in [-0.4, -0.2) is 4.98 Å². The Bertz CT molecular complexity index is 723. The molecule has 0 unspecified atom stereocenters. The average molecular weight is 290 g/mol. The van der Waals surface area contributed by atoms with Gasteiger partial charge in [-0.1, -0.05) is 41.9 Å². The quantitative estimate of drug-likeness (QED) is 0.593. The highest BCUT2D eigenvalue weighted by Gasteiger charge is 2.04. The van der Waals surface area contributed by atoms with Gasteiger partial charge < -0.3 is 0 Å².